The summed E-state index contributed by atoms with van der Waals surface area (Å²) in [5.41, 5.74) is 6.51. The van der Waals surface area contributed by atoms with Crippen LogP contribution in [0.4, 0.5) is 0 Å². The largest absolute Gasteiger partial charge is 0.341 e. The van der Waals surface area contributed by atoms with Gasteiger partial charge in [-0.05, 0) is 23.7 Å². The lowest BCUT2D eigenvalue weighted by atomic mass is 9.85. The molecule has 0 radical (unpaired) electrons. The van der Waals surface area contributed by atoms with Gasteiger partial charge >= 0.3 is 0 Å². The number of carbonyl (C=O) groups is 1. The fourth-order valence-electron chi connectivity index (χ4n) is 2.00. The van der Waals surface area contributed by atoms with Gasteiger partial charge < -0.3 is 10.6 Å². The van der Waals surface area contributed by atoms with Gasteiger partial charge in [0.15, 0.2) is 0 Å². The minimum atomic E-state index is 0.0488. The van der Waals surface area contributed by atoms with Crippen LogP contribution in [0.2, 0.25) is 0 Å². The molecule has 1 unspecified atom stereocenters. The van der Waals surface area contributed by atoms with Crippen molar-refractivity contribution in [2.24, 2.45) is 16.6 Å². The molecule has 2 N–H and O–H groups in total. The highest BCUT2D eigenvalue weighted by Gasteiger charge is 2.30. The van der Waals surface area contributed by atoms with E-state index < -0.39 is 0 Å². The summed E-state index contributed by atoms with van der Waals surface area (Å²) in [6.07, 6.45) is 2.74. The van der Waals surface area contributed by atoms with E-state index in [2.05, 4.69) is 34.6 Å². The highest BCUT2D eigenvalue weighted by molar-refractivity contribution is 5.76. The zero-order valence-electron chi connectivity index (χ0n) is 12.0. The first kappa shape index (κ1) is 14.5. The molecule has 0 saturated carbocycles. The molecule has 3 heteroatoms. The number of hydrogen-bond acceptors (Lipinski definition) is 2. The van der Waals surface area contributed by atoms with Crippen LogP contribution in [-0.2, 0) is 4.79 Å². The molecule has 1 aliphatic heterocycles. The summed E-state index contributed by atoms with van der Waals surface area (Å²) in [5.74, 6) is 0.273. The normalized spacial score (nSPS) is 23.4. The summed E-state index contributed by atoms with van der Waals surface area (Å²) in [4.78, 5) is 14.0. The van der Waals surface area contributed by atoms with Gasteiger partial charge in [0, 0.05) is 25.6 Å². The molecular weight excluding hydrogens is 212 g/mol. The number of nitrogens with zero attached hydrogens (tertiary/aromatic N) is 1. The fraction of sp³-hybridized carbons (Fsp3) is 0.929. The van der Waals surface area contributed by atoms with Gasteiger partial charge in [-0.3, -0.25) is 4.79 Å². The molecule has 0 spiro atoms. The van der Waals surface area contributed by atoms with E-state index in [0.29, 0.717) is 13.0 Å². The van der Waals surface area contributed by atoms with Gasteiger partial charge in [0.1, 0.15) is 0 Å². The van der Waals surface area contributed by atoms with Gasteiger partial charge in [-0.1, -0.05) is 34.6 Å². The number of hydrogen-bond donors (Lipinski definition) is 1. The molecule has 1 amide bonds. The Hall–Kier alpha value is -0.570. The first-order valence-corrected chi connectivity index (χ1v) is 6.65. The molecule has 1 heterocycles. The molecule has 0 aliphatic carbocycles. The third-order valence-electron chi connectivity index (χ3n) is 3.96. The van der Waals surface area contributed by atoms with Gasteiger partial charge in [-0.2, -0.15) is 0 Å². The highest BCUT2D eigenvalue weighted by atomic mass is 16.2. The van der Waals surface area contributed by atoms with Crippen molar-refractivity contribution in [2.45, 2.75) is 59.9 Å². The summed E-state index contributed by atoms with van der Waals surface area (Å²) in [5, 5.41) is 0. The van der Waals surface area contributed by atoms with Gasteiger partial charge in [0.2, 0.25) is 5.91 Å². The molecule has 0 aromatic carbocycles. The lowest BCUT2D eigenvalue weighted by Crippen LogP contribution is -2.47. The number of rotatable bonds is 2. The second-order valence-corrected chi connectivity index (χ2v) is 7.23. The predicted octanol–water partition coefficient (Wildman–Crippen LogP) is 2.40. The standard InChI is InChI=1S/C14H28N2O/c1-13(2,3)11(15)10-16-9-8-14(4,5)7-6-12(16)17/h11H,6-10,15H2,1-5H3. The first-order valence-electron chi connectivity index (χ1n) is 6.65. The Morgan fingerprint density at radius 3 is 2.47 bits per heavy atom. The molecule has 0 aromatic heterocycles. The third kappa shape index (κ3) is 4.30. The summed E-state index contributed by atoms with van der Waals surface area (Å²) < 4.78 is 0. The molecular formula is C14H28N2O. The number of nitrogens with two attached hydrogens (primary N) is 1. The average molecular weight is 240 g/mol. The summed E-state index contributed by atoms with van der Waals surface area (Å²) in [6, 6.07) is 0.0488. The predicted molar refractivity (Wildman–Crippen MR) is 71.6 cm³/mol. The molecule has 1 saturated heterocycles. The van der Waals surface area contributed by atoms with Crippen LogP contribution in [0.15, 0.2) is 0 Å². The molecule has 1 aliphatic rings. The maximum absolute atomic E-state index is 12.0. The average Bonchev–Trinajstić information content (AvgIpc) is 2.29. The lowest BCUT2D eigenvalue weighted by molar-refractivity contribution is -0.131. The van der Waals surface area contributed by atoms with Gasteiger partial charge in [0.25, 0.3) is 0 Å². The second kappa shape index (κ2) is 4.97. The Kier molecular flexibility index (Phi) is 4.23. The Labute approximate surface area is 106 Å². The van der Waals surface area contributed by atoms with Crippen LogP contribution in [0.3, 0.4) is 0 Å². The van der Waals surface area contributed by atoms with Crippen molar-refractivity contribution in [1.82, 2.24) is 4.90 Å². The molecule has 17 heavy (non-hydrogen) atoms. The van der Waals surface area contributed by atoms with Crippen molar-refractivity contribution in [3.8, 4) is 0 Å². The van der Waals surface area contributed by atoms with E-state index >= 15 is 0 Å². The summed E-state index contributed by atoms with van der Waals surface area (Å²) >= 11 is 0. The molecule has 0 bridgehead atoms. The van der Waals surface area contributed by atoms with Gasteiger partial charge in [0.05, 0.1) is 0 Å². The Morgan fingerprint density at radius 2 is 1.94 bits per heavy atom. The molecule has 0 aromatic rings. The topological polar surface area (TPSA) is 46.3 Å². The zero-order valence-corrected chi connectivity index (χ0v) is 12.0. The summed E-state index contributed by atoms with van der Waals surface area (Å²) in [7, 11) is 0. The SMILES string of the molecule is CC1(C)CCC(=O)N(CC(N)C(C)(C)C)CC1. The maximum Gasteiger partial charge on any atom is 0.222 e. The minimum Gasteiger partial charge on any atom is -0.341 e. The first-order chi connectivity index (χ1) is 7.62. The van der Waals surface area contributed by atoms with Crippen molar-refractivity contribution in [3.63, 3.8) is 0 Å². The number of amides is 1. The quantitative estimate of drug-likeness (QED) is 0.805. The minimum absolute atomic E-state index is 0.0488. The highest BCUT2D eigenvalue weighted by Crippen LogP contribution is 2.30. The van der Waals surface area contributed by atoms with Crippen LogP contribution in [0, 0.1) is 10.8 Å². The van der Waals surface area contributed by atoms with Crippen molar-refractivity contribution < 1.29 is 4.79 Å². The Bertz CT molecular complexity index is 278. The number of likely N-dealkylation sites (tertiary alicyclic amines) is 1. The van der Waals surface area contributed by atoms with Crippen molar-refractivity contribution in [2.75, 3.05) is 13.1 Å². The Morgan fingerprint density at radius 1 is 1.35 bits per heavy atom. The van der Waals surface area contributed by atoms with Crippen LogP contribution in [0.5, 0.6) is 0 Å². The van der Waals surface area contributed by atoms with E-state index in [0.717, 1.165) is 19.4 Å². The van der Waals surface area contributed by atoms with E-state index in [4.69, 9.17) is 5.73 Å². The monoisotopic (exact) mass is 240 g/mol. The smallest absolute Gasteiger partial charge is 0.222 e. The van der Waals surface area contributed by atoms with E-state index in [1.54, 1.807) is 0 Å². The van der Waals surface area contributed by atoms with Crippen LogP contribution >= 0.6 is 0 Å². The number of carbonyl (C=O) groups excluding carboxylic acids is 1. The lowest BCUT2D eigenvalue weighted by Gasteiger charge is -2.32. The van der Waals surface area contributed by atoms with Crippen LogP contribution in [0.1, 0.15) is 53.9 Å². The third-order valence-corrected chi connectivity index (χ3v) is 3.96. The summed E-state index contributed by atoms with van der Waals surface area (Å²) in [6.45, 7) is 12.4. The fourth-order valence-corrected chi connectivity index (χ4v) is 2.00. The van der Waals surface area contributed by atoms with Crippen molar-refractivity contribution >= 4 is 5.91 Å². The van der Waals surface area contributed by atoms with Gasteiger partial charge in [-0.15, -0.1) is 0 Å². The molecule has 1 rings (SSSR count). The van der Waals surface area contributed by atoms with Crippen molar-refractivity contribution in [1.29, 1.82) is 0 Å². The van der Waals surface area contributed by atoms with E-state index in [1.165, 1.54) is 0 Å². The van der Waals surface area contributed by atoms with E-state index in [9.17, 15) is 4.79 Å². The van der Waals surface area contributed by atoms with E-state index in [1.807, 2.05) is 4.90 Å². The second-order valence-electron chi connectivity index (χ2n) is 7.23. The maximum atomic E-state index is 12.0. The molecule has 1 atom stereocenters. The van der Waals surface area contributed by atoms with Crippen LogP contribution in [0.25, 0.3) is 0 Å². The van der Waals surface area contributed by atoms with Crippen LogP contribution in [-0.4, -0.2) is 29.9 Å². The van der Waals surface area contributed by atoms with Gasteiger partial charge in [-0.25, -0.2) is 0 Å². The molecule has 1 fully saturated rings. The molecule has 100 valence electrons. The van der Waals surface area contributed by atoms with Crippen molar-refractivity contribution in [3.05, 3.63) is 0 Å². The van der Waals surface area contributed by atoms with Crippen LogP contribution < -0.4 is 5.73 Å². The van der Waals surface area contributed by atoms with E-state index in [-0.39, 0.29) is 22.8 Å². The molecule has 3 nitrogen and oxygen atoms in total. The Balaban J connectivity index is 2.62. The zero-order chi connectivity index (χ0) is 13.3.